The number of aldehydes is 1. The van der Waals surface area contributed by atoms with Crippen LogP contribution in [0, 0.1) is 24.7 Å². The van der Waals surface area contributed by atoms with Crippen molar-refractivity contribution in [1.29, 1.82) is 0 Å². The Morgan fingerprint density at radius 3 is 2.04 bits per heavy atom. The largest absolute Gasteiger partial charge is 0.361 e. The van der Waals surface area contributed by atoms with E-state index in [1.54, 1.807) is 0 Å². The normalized spacial score (nSPS) is 21.5. The Bertz CT molecular complexity index is 809. The molecule has 3 aromatic rings. The lowest BCUT2D eigenvalue weighted by molar-refractivity contribution is 0.112. The van der Waals surface area contributed by atoms with Crippen molar-refractivity contribution in [2.24, 2.45) is 17.8 Å². The highest BCUT2D eigenvalue weighted by molar-refractivity contribution is 5.86. The summed E-state index contributed by atoms with van der Waals surface area (Å²) in [5.74, 6) is 2.95. The van der Waals surface area contributed by atoms with Gasteiger partial charge in [-0.3, -0.25) is 4.79 Å². The van der Waals surface area contributed by atoms with Crippen molar-refractivity contribution < 1.29 is 4.79 Å². The first-order valence-electron chi connectivity index (χ1n) is 10.5. The highest BCUT2D eigenvalue weighted by atomic mass is 16.1. The van der Waals surface area contributed by atoms with Crippen molar-refractivity contribution in [2.75, 3.05) is 0 Å². The average molecular weight is 378 g/mol. The van der Waals surface area contributed by atoms with Crippen LogP contribution in [-0.4, -0.2) is 11.3 Å². The molecule has 4 rings (SSSR count). The zero-order valence-electron chi connectivity index (χ0n) is 17.8. The highest BCUT2D eigenvalue weighted by Gasteiger charge is 2.17. The van der Waals surface area contributed by atoms with Crippen LogP contribution in [0.1, 0.15) is 62.4 Å². The van der Waals surface area contributed by atoms with Crippen LogP contribution in [0.15, 0.2) is 60.8 Å². The number of hydrogen-bond donors (Lipinski definition) is 1. The number of hydrogen-bond acceptors (Lipinski definition) is 1. The summed E-state index contributed by atoms with van der Waals surface area (Å²) in [7, 11) is 0. The molecule has 0 spiro atoms. The molecule has 2 heteroatoms. The van der Waals surface area contributed by atoms with Gasteiger partial charge >= 0.3 is 0 Å². The van der Waals surface area contributed by atoms with Gasteiger partial charge in [-0.2, -0.15) is 0 Å². The molecule has 1 aliphatic carbocycles. The van der Waals surface area contributed by atoms with Gasteiger partial charge in [0.2, 0.25) is 0 Å². The van der Waals surface area contributed by atoms with E-state index in [1.165, 1.54) is 31.2 Å². The topological polar surface area (TPSA) is 32.9 Å². The van der Waals surface area contributed by atoms with Crippen molar-refractivity contribution in [3.63, 3.8) is 0 Å². The van der Waals surface area contributed by atoms with E-state index in [0.717, 1.165) is 34.9 Å². The number of benzene rings is 2. The quantitative estimate of drug-likeness (QED) is 0.347. The Labute approximate surface area is 170 Å². The second-order valence-electron chi connectivity index (χ2n) is 8.46. The second-order valence-corrected chi connectivity index (χ2v) is 8.46. The van der Waals surface area contributed by atoms with E-state index in [2.05, 4.69) is 44.8 Å². The molecule has 0 amide bonds. The fourth-order valence-electron chi connectivity index (χ4n) is 3.95. The van der Waals surface area contributed by atoms with E-state index in [-0.39, 0.29) is 0 Å². The van der Waals surface area contributed by atoms with Crippen molar-refractivity contribution in [2.45, 2.75) is 53.4 Å². The van der Waals surface area contributed by atoms with Crippen LogP contribution in [0.5, 0.6) is 0 Å². The molecule has 0 saturated heterocycles. The number of nitrogens with one attached hydrogen (secondary N) is 1. The van der Waals surface area contributed by atoms with E-state index >= 15 is 0 Å². The van der Waals surface area contributed by atoms with E-state index in [4.69, 9.17) is 0 Å². The third-order valence-corrected chi connectivity index (χ3v) is 5.42. The number of carbonyl (C=O) groups excluding carboxylic acids is 1. The standard InChI is InChI=1S/C10H20.C9H7NO.C7H8/c1-8-4-5-9(2)7-10(3)6-8;11-6-7-1-2-8-3-4-10-9(8)5-7;1-7-5-3-2-4-6-7/h8-10H,4-7H2,1-3H3;1-6,10H;2-6H,1H3/t8-,9+,10?;;. The SMILES string of the molecule is CC1C[C@H](C)CC[C@H](C)C1.Cc1ccccc1.O=Cc1ccc2cc[nH]c2c1. The number of carbonyl (C=O) groups is 1. The minimum atomic E-state index is 0.708. The molecule has 2 aromatic carbocycles. The van der Waals surface area contributed by atoms with E-state index in [0.29, 0.717) is 5.56 Å². The summed E-state index contributed by atoms with van der Waals surface area (Å²) in [6, 6.07) is 17.8. The van der Waals surface area contributed by atoms with Gasteiger partial charge in [0, 0.05) is 17.3 Å². The Morgan fingerprint density at radius 2 is 1.50 bits per heavy atom. The molecule has 1 aromatic heterocycles. The predicted molar refractivity (Wildman–Crippen MR) is 121 cm³/mol. The fourth-order valence-corrected chi connectivity index (χ4v) is 3.95. The van der Waals surface area contributed by atoms with Crippen LogP contribution < -0.4 is 0 Å². The van der Waals surface area contributed by atoms with Crippen molar-refractivity contribution in [3.05, 3.63) is 71.9 Å². The lowest BCUT2D eigenvalue weighted by Crippen LogP contribution is -1.99. The number of aromatic nitrogens is 1. The van der Waals surface area contributed by atoms with Crippen LogP contribution >= 0.6 is 0 Å². The van der Waals surface area contributed by atoms with Gasteiger partial charge in [-0.05, 0) is 55.0 Å². The summed E-state index contributed by atoms with van der Waals surface area (Å²) in [5.41, 5.74) is 3.04. The molecule has 1 unspecified atom stereocenters. The first-order valence-corrected chi connectivity index (χ1v) is 10.5. The summed E-state index contributed by atoms with van der Waals surface area (Å²) in [4.78, 5) is 13.4. The summed E-state index contributed by atoms with van der Waals surface area (Å²) in [6.07, 6.45) is 8.56. The van der Waals surface area contributed by atoms with Gasteiger partial charge in [0.1, 0.15) is 6.29 Å². The summed E-state index contributed by atoms with van der Waals surface area (Å²) in [6.45, 7) is 9.28. The molecule has 0 aliphatic heterocycles. The number of rotatable bonds is 1. The Balaban J connectivity index is 0.000000154. The summed E-state index contributed by atoms with van der Waals surface area (Å²) >= 11 is 0. The first kappa shape index (κ1) is 21.9. The molecular weight excluding hydrogens is 342 g/mol. The monoisotopic (exact) mass is 377 g/mol. The minimum absolute atomic E-state index is 0.708. The van der Waals surface area contributed by atoms with Crippen LogP contribution in [-0.2, 0) is 0 Å². The highest BCUT2D eigenvalue weighted by Crippen LogP contribution is 2.30. The Morgan fingerprint density at radius 1 is 0.857 bits per heavy atom. The zero-order valence-corrected chi connectivity index (χ0v) is 17.8. The Hall–Kier alpha value is -2.35. The van der Waals surface area contributed by atoms with Gasteiger partial charge in [-0.1, -0.05) is 81.6 Å². The van der Waals surface area contributed by atoms with Crippen LogP contribution in [0.4, 0.5) is 0 Å². The molecule has 1 N–H and O–H groups in total. The molecule has 3 atom stereocenters. The maximum Gasteiger partial charge on any atom is 0.150 e. The average Bonchev–Trinajstić information content (AvgIpc) is 3.09. The molecule has 1 heterocycles. The third kappa shape index (κ3) is 7.72. The number of fused-ring (bicyclic) bond motifs is 1. The van der Waals surface area contributed by atoms with Gasteiger partial charge in [0.05, 0.1) is 0 Å². The van der Waals surface area contributed by atoms with Crippen LogP contribution in [0.3, 0.4) is 0 Å². The molecule has 1 fully saturated rings. The lowest BCUT2D eigenvalue weighted by Gasteiger charge is -2.11. The summed E-state index contributed by atoms with van der Waals surface area (Å²) < 4.78 is 0. The molecule has 28 heavy (non-hydrogen) atoms. The fraction of sp³-hybridized carbons (Fsp3) is 0.423. The van der Waals surface area contributed by atoms with E-state index in [1.807, 2.05) is 48.7 Å². The molecule has 150 valence electrons. The summed E-state index contributed by atoms with van der Waals surface area (Å²) in [5, 5.41) is 1.13. The van der Waals surface area contributed by atoms with E-state index < -0.39 is 0 Å². The predicted octanol–water partition coefficient (Wildman–Crippen LogP) is 7.44. The minimum Gasteiger partial charge on any atom is -0.361 e. The van der Waals surface area contributed by atoms with Crippen molar-refractivity contribution in [1.82, 2.24) is 4.98 Å². The smallest absolute Gasteiger partial charge is 0.150 e. The molecular formula is C26H35NO. The molecule has 0 bridgehead atoms. The van der Waals surface area contributed by atoms with Gasteiger partial charge in [0.25, 0.3) is 0 Å². The number of aromatic amines is 1. The second kappa shape index (κ2) is 11.5. The van der Waals surface area contributed by atoms with Gasteiger partial charge in [-0.15, -0.1) is 0 Å². The van der Waals surface area contributed by atoms with Crippen LogP contribution in [0.25, 0.3) is 10.9 Å². The molecule has 1 saturated carbocycles. The van der Waals surface area contributed by atoms with Crippen molar-refractivity contribution >= 4 is 17.2 Å². The lowest BCUT2D eigenvalue weighted by atomic mass is 9.95. The zero-order chi connectivity index (χ0) is 20.4. The van der Waals surface area contributed by atoms with Gasteiger partial charge in [0.15, 0.2) is 0 Å². The molecule has 1 aliphatic rings. The van der Waals surface area contributed by atoms with E-state index in [9.17, 15) is 4.79 Å². The number of aryl methyl sites for hydroxylation is 1. The van der Waals surface area contributed by atoms with Crippen molar-refractivity contribution in [3.8, 4) is 0 Å². The van der Waals surface area contributed by atoms with Gasteiger partial charge in [-0.25, -0.2) is 0 Å². The maximum absolute atomic E-state index is 10.4. The van der Waals surface area contributed by atoms with Crippen LogP contribution in [0.2, 0.25) is 0 Å². The number of H-pyrrole nitrogens is 1. The third-order valence-electron chi connectivity index (χ3n) is 5.42. The maximum atomic E-state index is 10.4. The molecule has 0 radical (unpaired) electrons. The van der Waals surface area contributed by atoms with Gasteiger partial charge < -0.3 is 4.98 Å². The first-order chi connectivity index (χ1) is 13.5. The molecule has 2 nitrogen and oxygen atoms in total. The Kier molecular flexibility index (Phi) is 9.00.